The summed E-state index contributed by atoms with van der Waals surface area (Å²) in [5.41, 5.74) is 0.108. The second kappa shape index (κ2) is 10.1. The summed E-state index contributed by atoms with van der Waals surface area (Å²) in [6, 6.07) is 5.52. The van der Waals surface area contributed by atoms with E-state index in [1.54, 1.807) is 13.1 Å². The molecule has 4 bridgehead atoms. The number of rotatable bonds is 0. The van der Waals surface area contributed by atoms with Crippen molar-refractivity contribution < 1.29 is 22.1 Å². The van der Waals surface area contributed by atoms with Crippen LogP contribution in [0.2, 0.25) is 0 Å². The monoisotopic (exact) mass is 542 g/mol. The van der Waals surface area contributed by atoms with Gasteiger partial charge in [0.25, 0.3) is 0 Å². The van der Waals surface area contributed by atoms with Crippen molar-refractivity contribution >= 4 is 27.8 Å². The number of nitrogens with one attached hydrogen (secondary N) is 1. The fraction of sp³-hybridized carbons (Fsp3) is 0.357. The van der Waals surface area contributed by atoms with Crippen LogP contribution in [0.15, 0.2) is 35.9 Å². The van der Waals surface area contributed by atoms with E-state index in [0.29, 0.717) is 22.8 Å². The lowest BCUT2D eigenvalue weighted by molar-refractivity contribution is 0.359. The Morgan fingerprint density at radius 1 is 1.18 bits per heavy atom. The average Bonchev–Trinajstić information content (AvgIpc) is 3.49. The smallest absolute Gasteiger partial charge is 0.204 e. The van der Waals surface area contributed by atoms with Crippen molar-refractivity contribution in [2.45, 2.75) is 46.0 Å². The van der Waals surface area contributed by atoms with Crippen molar-refractivity contribution in [3.05, 3.63) is 64.7 Å². The molecule has 38 heavy (non-hydrogen) atoms. The average molecular weight is 543 g/mol. The molecule has 2 unspecified atom stereocenters. The summed E-state index contributed by atoms with van der Waals surface area (Å²) in [6.45, 7) is 6.15. The lowest BCUT2D eigenvalue weighted by Crippen LogP contribution is -2.20. The van der Waals surface area contributed by atoms with Crippen LogP contribution in [0.3, 0.4) is 0 Å². The largest absolute Gasteiger partial charge is 0.453 e. The Morgan fingerprint density at radius 3 is 2.76 bits per heavy atom. The van der Waals surface area contributed by atoms with Gasteiger partial charge >= 0.3 is 0 Å². The Kier molecular flexibility index (Phi) is 6.94. The van der Waals surface area contributed by atoms with E-state index < -0.39 is 28.3 Å². The fourth-order valence-electron chi connectivity index (χ4n) is 4.86. The minimum atomic E-state index is -1.37. The van der Waals surface area contributed by atoms with E-state index in [2.05, 4.69) is 28.9 Å². The molecule has 10 heteroatoms. The maximum atomic E-state index is 15.3. The predicted molar refractivity (Wildman–Crippen MR) is 143 cm³/mol. The molecule has 0 saturated heterocycles. The van der Waals surface area contributed by atoms with Gasteiger partial charge in [-0.1, -0.05) is 27.2 Å². The van der Waals surface area contributed by atoms with Gasteiger partial charge in [0.15, 0.2) is 23.2 Å². The minimum Gasteiger partial charge on any atom is -0.453 e. The molecular weight excluding hydrogens is 513 g/mol. The quantitative estimate of drug-likeness (QED) is 0.255. The molecule has 6 nitrogen and oxygen atoms in total. The van der Waals surface area contributed by atoms with Crippen LogP contribution in [-0.4, -0.2) is 29.7 Å². The molecule has 0 amide bonds. The first-order valence-corrected chi connectivity index (χ1v) is 13.8. The standard InChI is InChI=1S/C28H29F3N4O2S/c1-16-6-5-11-28(2,3)15-38(36)13-10-19-18-9-12-32-24(18)22(30)23(31)25(19)37-17-7-8-21(29)20(14-17)27-33-26(16)34-35(27)4/h7-10,12-14,16,32H,5-6,11,15H2,1-4H3/b13-10+. The van der Waals surface area contributed by atoms with E-state index in [1.807, 2.05) is 6.92 Å². The highest BCUT2D eigenvalue weighted by Gasteiger charge is 2.25. The zero-order chi connectivity index (χ0) is 27.2. The minimum absolute atomic E-state index is 0.0247. The van der Waals surface area contributed by atoms with Crippen LogP contribution in [0.1, 0.15) is 57.3 Å². The number of nitrogens with zero attached hydrogens (tertiary/aromatic N) is 3. The van der Waals surface area contributed by atoms with E-state index in [-0.39, 0.29) is 39.5 Å². The molecule has 1 aliphatic rings. The fourth-order valence-corrected chi connectivity index (χ4v) is 6.16. The number of aromatic nitrogens is 4. The molecule has 1 aliphatic heterocycles. The van der Waals surface area contributed by atoms with Gasteiger partial charge in [-0.3, -0.25) is 4.21 Å². The van der Waals surface area contributed by atoms with E-state index in [9.17, 15) is 13.0 Å². The van der Waals surface area contributed by atoms with Gasteiger partial charge in [0.05, 0.1) is 11.1 Å². The Balaban J connectivity index is 1.69. The molecule has 2 aromatic carbocycles. The third kappa shape index (κ3) is 5.01. The van der Waals surface area contributed by atoms with Crippen molar-refractivity contribution in [3.8, 4) is 22.9 Å². The van der Waals surface area contributed by atoms with Crippen LogP contribution in [0, 0.1) is 22.9 Å². The van der Waals surface area contributed by atoms with Gasteiger partial charge in [-0.25, -0.2) is 18.4 Å². The topological polar surface area (TPSA) is 72.8 Å². The van der Waals surface area contributed by atoms with Gasteiger partial charge in [0.2, 0.25) is 5.82 Å². The van der Waals surface area contributed by atoms with Gasteiger partial charge in [0.1, 0.15) is 11.6 Å². The molecule has 5 rings (SSSR count). The number of fused-ring (bicyclic) bond motifs is 8. The Morgan fingerprint density at radius 2 is 1.97 bits per heavy atom. The van der Waals surface area contributed by atoms with Crippen LogP contribution >= 0.6 is 0 Å². The summed E-state index contributed by atoms with van der Waals surface area (Å²) in [6.07, 6.45) is 5.53. The van der Waals surface area contributed by atoms with Crippen LogP contribution < -0.4 is 4.74 Å². The molecule has 0 radical (unpaired) electrons. The summed E-state index contributed by atoms with van der Waals surface area (Å²) in [7, 11) is 0.315. The summed E-state index contributed by atoms with van der Waals surface area (Å²) < 4.78 is 65.7. The molecule has 1 N–H and O–H groups in total. The van der Waals surface area contributed by atoms with Crippen LogP contribution in [0.25, 0.3) is 28.4 Å². The normalized spacial score (nSPS) is 20.8. The Labute approximate surface area is 221 Å². The number of hydrogen-bond acceptors (Lipinski definition) is 4. The Bertz CT molecular complexity index is 1570. The van der Waals surface area contributed by atoms with E-state index in [4.69, 9.17) is 4.74 Å². The third-order valence-electron chi connectivity index (χ3n) is 6.92. The molecule has 200 valence electrons. The molecular formula is C28H29F3N4O2S. The first kappa shape index (κ1) is 26.2. The summed E-state index contributed by atoms with van der Waals surface area (Å²) in [5, 5.41) is 6.37. The molecule has 0 spiro atoms. The van der Waals surface area contributed by atoms with Crippen molar-refractivity contribution in [1.82, 2.24) is 19.7 Å². The maximum absolute atomic E-state index is 15.3. The van der Waals surface area contributed by atoms with E-state index >= 15 is 4.39 Å². The first-order chi connectivity index (χ1) is 18.0. The van der Waals surface area contributed by atoms with Gasteiger partial charge < -0.3 is 9.72 Å². The van der Waals surface area contributed by atoms with Gasteiger partial charge in [-0.2, -0.15) is 9.49 Å². The maximum Gasteiger partial charge on any atom is 0.204 e. The molecule has 0 aliphatic carbocycles. The van der Waals surface area contributed by atoms with Gasteiger partial charge in [-0.15, -0.1) is 0 Å². The number of aryl methyl sites for hydroxylation is 1. The van der Waals surface area contributed by atoms with Gasteiger partial charge in [-0.05, 0) is 48.6 Å². The predicted octanol–water partition coefficient (Wildman–Crippen LogP) is 7.21. The number of hydrogen-bond donors (Lipinski definition) is 1. The van der Waals surface area contributed by atoms with Crippen LogP contribution in [0.5, 0.6) is 11.5 Å². The van der Waals surface area contributed by atoms with Crippen molar-refractivity contribution in [3.63, 3.8) is 0 Å². The number of benzene rings is 2. The van der Waals surface area contributed by atoms with Crippen LogP contribution in [-0.2, 0) is 17.8 Å². The molecule has 3 heterocycles. The second-order valence-corrected chi connectivity index (χ2v) is 11.9. The highest BCUT2D eigenvalue weighted by Crippen LogP contribution is 2.39. The summed E-state index contributed by atoms with van der Waals surface area (Å²) >= 11 is 0. The molecule has 2 atom stereocenters. The van der Waals surface area contributed by atoms with E-state index in [1.165, 1.54) is 40.6 Å². The molecule has 4 aromatic rings. The Hall–Kier alpha value is -3.40. The SMILES string of the molecule is CC1CCCC(C)(C)CS(=O)/C=C/c2c(c(F)c(F)c3[nH]ccc23)Oc2ccc(F)c(c2)-c2nc1nn2C. The second-order valence-electron chi connectivity index (χ2n) is 10.6. The van der Waals surface area contributed by atoms with Gasteiger partial charge in [0, 0.05) is 52.1 Å². The van der Waals surface area contributed by atoms with Crippen LogP contribution in [0.4, 0.5) is 13.2 Å². The third-order valence-corrected chi connectivity index (χ3v) is 8.43. The van der Waals surface area contributed by atoms with Crippen molar-refractivity contribution in [2.24, 2.45) is 12.5 Å². The van der Waals surface area contributed by atoms with Crippen molar-refractivity contribution in [1.29, 1.82) is 0 Å². The summed E-state index contributed by atoms with van der Waals surface area (Å²) in [4.78, 5) is 7.32. The summed E-state index contributed by atoms with van der Waals surface area (Å²) in [5.74, 6) is -1.82. The lowest BCUT2D eigenvalue weighted by Gasteiger charge is -2.23. The highest BCUT2D eigenvalue weighted by molar-refractivity contribution is 7.88. The highest BCUT2D eigenvalue weighted by atomic mass is 32.2. The number of aromatic amines is 1. The number of halogens is 3. The molecule has 0 fully saturated rings. The van der Waals surface area contributed by atoms with Crippen molar-refractivity contribution in [2.75, 3.05) is 5.75 Å². The zero-order valence-electron chi connectivity index (χ0n) is 21.6. The molecule has 0 saturated carbocycles. The zero-order valence-corrected chi connectivity index (χ0v) is 22.5. The molecule has 2 aromatic heterocycles. The lowest BCUT2D eigenvalue weighted by atomic mass is 9.88. The number of ether oxygens (including phenoxy) is 1. The number of H-pyrrole nitrogens is 1. The van der Waals surface area contributed by atoms with E-state index in [0.717, 1.165) is 19.3 Å². The first-order valence-electron chi connectivity index (χ1n) is 12.5.